The molecule has 0 saturated heterocycles. The van der Waals surface area contributed by atoms with Gasteiger partial charge < -0.3 is 4.57 Å². The van der Waals surface area contributed by atoms with Gasteiger partial charge in [0.15, 0.2) is 0 Å². The maximum absolute atomic E-state index is 6.29. The molecular formula is C13H13ClN4S. The van der Waals surface area contributed by atoms with Crippen LogP contribution in [0.15, 0.2) is 29.9 Å². The third-order valence-electron chi connectivity index (χ3n) is 3.04. The van der Waals surface area contributed by atoms with E-state index in [2.05, 4.69) is 26.1 Å². The summed E-state index contributed by atoms with van der Waals surface area (Å²) in [5.41, 5.74) is 1.85. The summed E-state index contributed by atoms with van der Waals surface area (Å²) in [6.45, 7) is 2.59. The highest BCUT2D eigenvalue weighted by Gasteiger charge is 2.14. The van der Waals surface area contributed by atoms with E-state index in [-0.39, 0.29) is 0 Å². The lowest BCUT2D eigenvalue weighted by Crippen LogP contribution is -2.06. The summed E-state index contributed by atoms with van der Waals surface area (Å²) in [6, 6.07) is 4.10. The van der Waals surface area contributed by atoms with E-state index in [4.69, 9.17) is 11.6 Å². The quantitative estimate of drug-likeness (QED) is 0.742. The van der Waals surface area contributed by atoms with E-state index in [9.17, 15) is 0 Å². The Kier molecular flexibility index (Phi) is 3.16. The molecule has 3 aromatic rings. The predicted octanol–water partition coefficient (Wildman–Crippen LogP) is 3.36. The van der Waals surface area contributed by atoms with E-state index < -0.39 is 0 Å². The third-order valence-corrected chi connectivity index (χ3v) is 4.40. The third kappa shape index (κ3) is 2.19. The van der Waals surface area contributed by atoms with Gasteiger partial charge in [-0.1, -0.05) is 17.7 Å². The number of nitrogens with zero attached hydrogens (tertiary/aromatic N) is 4. The lowest BCUT2D eigenvalue weighted by molar-refractivity contribution is 0.666. The van der Waals surface area contributed by atoms with Crippen molar-refractivity contribution < 1.29 is 0 Å². The van der Waals surface area contributed by atoms with E-state index in [0.717, 1.165) is 27.1 Å². The number of imidazole rings is 1. The zero-order valence-electron chi connectivity index (χ0n) is 10.7. The summed E-state index contributed by atoms with van der Waals surface area (Å²) in [5, 5.41) is 7.12. The molecule has 0 saturated carbocycles. The summed E-state index contributed by atoms with van der Waals surface area (Å²) in [6.07, 6.45) is 3.78. The standard InChI is InChI=1S/C13H13ClN4S/c1-9-12(14)10(17(2)16-9)8-18-6-5-15-13(18)11-4-3-7-19-11/h3-7H,8H2,1-2H3. The van der Waals surface area contributed by atoms with E-state index >= 15 is 0 Å². The molecule has 0 fully saturated rings. The van der Waals surface area contributed by atoms with Crippen molar-refractivity contribution in [2.24, 2.45) is 7.05 Å². The van der Waals surface area contributed by atoms with Gasteiger partial charge in [-0.3, -0.25) is 4.68 Å². The molecule has 3 aromatic heterocycles. The molecule has 0 atom stereocenters. The van der Waals surface area contributed by atoms with Crippen molar-refractivity contribution in [3.63, 3.8) is 0 Å². The number of aryl methyl sites for hydroxylation is 2. The molecule has 0 aliphatic rings. The van der Waals surface area contributed by atoms with Crippen LogP contribution in [0.4, 0.5) is 0 Å². The Balaban J connectivity index is 1.99. The minimum atomic E-state index is 0.670. The van der Waals surface area contributed by atoms with Gasteiger partial charge in [0.25, 0.3) is 0 Å². The first-order valence-electron chi connectivity index (χ1n) is 5.90. The van der Waals surface area contributed by atoms with Gasteiger partial charge >= 0.3 is 0 Å². The molecule has 98 valence electrons. The molecule has 0 aromatic carbocycles. The number of aromatic nitrogens is 4. The summed E-state index contributed by atoms with van der Waals surface area (Å²) in [4.78, 5) is 5.57. The second-order valence-electron chi connectivity index (χ2n) is 4.33. The normalized spacial score (nSPS) is 11.1. The Morgan fingerprint density at radius 1 is 1.42 bits per heavy atom. The van der Waals surface area contributed by atoms with Crippen LogP contribution in [0.2, 0.25) is 5.02 Å². The largest absolute Gasteiger partial charge is 0.324 e. The second-order valence-corrected chi connectivity index (χ2v) is 5.65. The molecule has 19 heavy (non-hydrogen) atoms. The van der Waals surface area contributed by atoms with Crippen LogP contribution < -0.4 is 0 Å². The van der Waals surface area contributed by atoms with Gasteiger partial charge in [0.2, 0.25) is 0 Å². The fourth-order valence-corrected chi connectivity index (χ4v) is 3.04. The van der Waals surface area contributed by atoms with Crippen LogP contribution in [0.25, 0.3) is 10.7 Å². The SMILES string of the molecule is Cc1nn(C)c(Cn2ccnc2-c2cccs2)c1Cl. The lowest BCUT2D eigenvalue weighted by Gasteiger charge is -2.07. The first-order chi connectivity index (χ1) is 9.16. The summed E-state index contributed by atoms with van der Waals surface area (Å²) in [7, 11) is 1.91. The van der Waals surface area contributed by atoms with Crippen molar-refractivity contribution in [2.45, 2.75) is 13.5 Å². The highest BCUT2D eigenvalue weighted by Crippen LogP contribution is 2.26. The molecule has 3 heterocycles. The number of halogens is 1. The smallest absolute Gasteiger partial charge is 0.150 e. The average Bonchev–Trinajstić information content (AvgIpc) is 3.08. The Hall–Kier alpha value is -1.59. The van der Waals surface area contributed by atoms with Gasteiger partial charge in [-0.25, -0.2) is 4.98 Å². The summed E-state index contributed by atoms with van der Waals surface area (Å²) < 4.78 is 3.92. The zero-order chi connectivity index (χ0) is 13.4. The van der Waals surface area contributed by atoms with Crippen molar-refractivity contribution in [3.8, 4) is 10.7 Å². The zero-order valence-corrected chi connectivity index (χ0v) is 12.2. The molecule has 0 N–H and O–H groups in total. The van der Waals surface area contributed by atoms with Crippen LogP contribution >= 0.6 is 22.9 Å². The molecule has 0 spiro atoms. The highest BCUT2D eigenvalue weighted by atomic mass is 35.5. The fourth-order valence-electron chi connectivity index (χ4n) is 2.08. The average molecular weight is 293 g/mol. The number of hydrogen-bond donors (Lipinski definition) is 0. The van der Waals surface area contributed by atoms with Gasteiger partial charge in [0, 0.05) is 19.4 Å². The monoisotopic (exact) mass is 292 g/mol. The molecule has 0 radical (unpaired) electrons. The molecule has 0 amide bonds. The maximum Gasteiger partial charge on any atom is 0.150 e. The van der Waals surface area contributed by atoms with E-state index in [1.807, 2.05) is 37.1 Å². The molecular weight excluding hydrogens is 280 g/mol. The minimum Gasteiger partial charge on any atom is -0.324 e. The first kappa shape index (κ1) is 12.4. The Morgan fingerprint density at radius 2 is 2.26 bits per heavy atom. The predicted molar refractivity (Wildman–Crippen MR) is 77.6 cm³/mol. The van der Waals surface area contributed by atoms with Crippen molar-refractivity contribution in [2.75, 3.05) is 0 Å². The fraction of sp³-hybridized carbons (Fsp3) is 0.231. The highest BCUT2D eigenvalue weighted by molar-refractivity contribution is 7.13. The van der Waals surface area contributed by atoms with Gasteiger partial charge in [-0.2, -0.15) is 5.10 Å². The van der Waals surface area contributed by atoms with Crippen LogP contribution in [-0.4, -0.2) is 19.3 Å². The van der Waals surface area contributed by atoms with Gasteiger partial charge in [0.05, 0.1) is 27.8 Å². The first-order valence-corrected chi connectivity index (χ1v) is 7.15. The number of thiophene rings is 1. The van der Waals surface area contributed by atoms with Crippen molar-refractivity contribution in [1.82, 2.24) is 19.3 Å². The number of hydrogen-bond acceptors (Lipinski definition) is 3. The van der Waals surface area contributed by atoms with Crippen LogP contribution in [0.3, 0.4) is 0 Å². The molecule has 3 rings (SSSR count). The van der Waals surface area contributed by atoms with Crippen molar-refractivity contribution >= 4 is 22.9 Å². The lowest BCUT2D eigenvalue weighted by atomic mass is 10.3. The Morgan fingerprint density at radius 3 is 2.89 bits per heavy atom. The van der Waals surface area contributed by atoms with Crippen LogP contribution in [0, 0.1) is 6.92 Å². The Bertz CT molecular complexity index is 696. The van der Waals surface area contributed by atoms with E-state index in [1.165, 1.54) is 0 Å². The van der Waals surface area contributed by atoms with E-state index in [1.54, 1.807) is 11.3 Å². The minimum absolute atomic E-state index is 0.670. The maximum atomic E-state index is 6.29. The summed E-state index contributed by atoms with van der Waals surface area (Å²) in [5.74, 6) is 0.963. The molecule has 0 bridgehead atoms. The van der Waals surface area contributed by atoms with Gasteiger partial charge in [-0.15, -0.1) is 11.3 Å². The number of rotatable bonds is 3. The summed E-state index contributed by atoms with van der Waals surface area (Å²) >= 11 is 7.97. The van der Waals surface area contributed by atoms with Crippen LogP contribution in [-0.2, 0) is 13.6 Å². The van der Waals surface area contributed by atoms with Crippen LogP contribution in [0.1, 0.15) is 11.4 Å². The van der Waals surface area contributed by atoms with Crippen molar-refractivity contribution in [3.05, 3.63) is 46.3 Å². The van der Waals surface area contributed by atoms with Gasteiger partial charge in [-0.05, 0) is 18.4 Å². The molecule has 0 unspecified atom stereocenters. The van der Waals surface area contributed by atoms with Crippen LogP contribution in [0.5, 0.6) is 0 Å². The topological polar surface area (TPSA) is 35.6 Å². The van der Waals surface area contributed by atoms with Crippen molar-refractivity contribution in [1.29, 1.82) is 0 Å². The second kappa shape index (κ2) is 4.83. The Labute approximate surface area is 120 Å². The van der Waals surface area contributed by atoms with E-state index in [0.29, 0.717) is 6.54 Å². The molecule has 0 aliphatic heterocycles. The molecule has 6 heteroatoms. The van der Waals surface area contributed by atoms with Gasteiger partial charge in [0.1, 0.15) is 5.82 Å². The molecule has 4 nitrogen and oxygen atoms in total. The molecule has 0 aliphatic carbocycles.